The van der Waals surface area contributed by atoms with E-state index in [-0.39, 0.29) is 12.4 Å². The molecule has 0 unspecified atom stereocenters. The largest absolute Gasteiger partial charge is 0.493 e. The van der Waals surface area contributed by atoms with Gasteiger partial charge < -0.3 is 19.5 Å². The third-order valence-electron chi connectivity index (χ3n) is 5.53. The van der Waals surface area contributed by atoms with Crippen molar-refractivity contribution in [3.05, 3.63) is 64.6 Å². The number of hydrogen-bond donors (Lipinski definition) is 1. The Balaban J connectivity index is 1.95. The second kappa shape index (κ2) is 9.61. The zero-order valence-electron chi connectivity index (χ0n) is 19.6. The number of aryl methyl sites for hydroxylation is 1. The third-order valence-corrected chi connectivity index (χ3v) is 5.76. The quantitative estimate of drug-likeness (QED) is 0.343. The standard InChI is InChI=1S/C25H25ClN4O4/c1-6-34-25(31)23-28-22(27-17-10-11-19(32-4)20(13-17)33-5)21-14(2)15(3)30(24(21)29-23)18-9-7-8-16(26)12-18/h7-13H,6H2,1-5H3,(H,27,28,29). The van der Waals surface area contributed by atoms with Crippen LogP contribution in [0.15, 0.2) is 42.5 Å². The summed E-state index contributed by atoms with van der Waals surface area (Å²) in [5.74, 6) is 0.994. The number of anilines is 2. The first-order valence-corrected chi connectivity index (χ1v) is 11.1. The fourth-order valence-electron chi connectivity index (χ4n) is 3.82. The Morgan fingerprint density at radius 2 is 1.82 bits per heavy atom. The first kappa shape index (κ1) is 23.4. The number of halogens is 1. The molecule has 0 spiro atoms. The van der Waals surface area contributed by atoms with Crippen LogP contribution in [-0.4, -0.2) is 41.3 Å². The lowest BCUT2D eigenvalue weighted by Crippen LogP contribution is -2.12. The maximum Gasteiger partial charge on any atom is 0.376 e. The zero-order valence-corrected chi connectivity index (χ0v) is 20.4. The van der Waals surface area contributed by atoms with Crippen LogP contribution in [-0.2, 0) is 4.74 Å². The third kappa shape index (κ3) is 4.24. The average Bonchev–Trinajstić information content (AvgIpc) is 3.09. The van der Waals surface area contributed by atoms with E-state index in [2.05, 4.69) is 15.3 Å². The van der Waals surface area contributed by atoms with Crippen LogP contribution in [0.2, 0.25) is 5.02 Å². The highest BCUT2D eigenvalue weighted by molar-refractivity contribution is 6.30. The van der Waals surface area contributed by atoms with Gasteiger partial charge in [-0.2, -0.15) is 0 Å². The number of ether oxygens (including phenoxy) is 3. The van der Waals surface area contributed by atoms with Gasteiger partial charge in [0.05, 0.1) is 26.2 Å². The number of aromatic nitrogens is 3. The van der Waals surface area contributed by atoms with Crippen LogP contribution in [0, 0.1) is 13.8 Å². The Kier molecular flexibility index (Phi) is 6.61. The number of carbonyl (C=O) groups excluding carboxylic acids is 1. The summed E-state index contributed by atoms with van der Waals surface area (Å²) in [5.41, 5.74) is 4.02. The van der Waals surface area contributed by atoms with Crippen molar-refractivity contribution >= 4 is 40.1 Å². The smallest absolute Gasteiger partial charge is 0.376 e. The van der Waals surface area contributed by atoms with Crippen LogP contribution in [0.5, 0.6) is 11.5 Å². The van der Waals surface area contributed by atoms with E-state index in [1.54, 1.807) is 33.3 Å². The van der Waals surface area contributed by atoms with Crippen LogP contribution < -0.4 is 14.8 Å². The number of carbonyl (C=O) groups is 1. The van der Waals surface area contributed by atoms with E-state index in [0.29, 0.717) is 33.7 Å². The van der Waals surface area contributed by atoms with Crippen LogP contribution in [0.25, 0.3) is 16.7 Å². The normalized spacial score (nSPS) is 10.9. The van der Waals surface area contributed by atoms with Gasteiger partial charge in [0.15, 0.2) is 17.1 Å². The molecule has 2 aromatic heterocycles. The molecule has 0 aliphatic carbocycles. The summed E-state index contributed by atoms with van der Waals surface area (Å²) in [6, 6.07) is 12.9. The van der Waals surface area contributed by atoms with E-state index < -0.39 is 5.97 Å². The first-order valence-electron chi connectivity index (χ1n) is 10.7. The molecule has 4 rings (SSSR count). The van der Waals surface area contributed by atoms with Gasteiger partial charge >= 0.3 is 5.97 Å². The highest BCUT2D eigenvalue weighted by atomic mass is 35.5. The lowest BCUT2D eigenvalue weighted by Gasteiger charge is -2.13. The highest BCUT2D eigenvalue weighted by Gasteiger charge is 2.23. The van der Waals surface area contributed by atoms with Gasteiger partial charge in [0.25, 0.3) is 0 Å². The van der Waals surface area contributed by atoms with Crippen molar-refractivity contribution in [2.75, 3.05) is 26.1 Å². The molecule has 2 heterocycles. The summed E-state index contributed by atoms with van der Waals surface area (Å²) in [6.07, 6.45) is 0. The van der Waals surface area contributed by atoms with Crippen LogP contribution in [0.1, 0.15) is 28.8 Å². The number of rotatable bonds is 7. The summed E-state index contributed by atoms with van der Waals surface area (Å²) in [4.78, 5) is 21.8. The fraction of sp³-hybridized carbons (Fsp3) is 0.240. The number of methoxy groups -OCH3 is 2. The lowest BCUT2D eigenvalue weighted by molar-refractivity contribution is 0.0512. The summed E-state index contributed by atoms with van der Waals surface area (Å²) in [7, 11) is 3.15. The summed E-state index contributed by atoms with van der Waals surface area (Å²) < 4.78 is 17.9. The van der Waals surface area contributed by atoms with Crippen molar-refractivity contribution in [2.24, 2.45) is 0 Å². The molecule has 0 fully saturated rings. The van der Waals surface area contributed by atoms with Gasteiger partial charge in [-0.3, -0.25) is 4.57 Å². The molecule has 8 nitrogen and oxygen atoms in total. The Bertz CT molecular complexity index is 1380. The highest BCUT2D eigenvalue weighted by Crippen LogP contribution is 2.36. The molecule has 176 valence electrons. The molecule has 9 heteroatoms. The van der Waals surface area contributed by atoms with Crippen LogP contribution >= 0.6 is 11.6 Å². The fourth-order valence-corrected chi connectivity index (χ4v) is 4.01. The van der Waals surface area contributed by atoms with E-state index in [0.717, 1.165) is 22.3 Å². The number of hydrogen-bond acceptors (Lipinski definition) is 7. The molecule has 0 aliphatic rings. The maximum absolute atomic E-state index is 12.6. The minimum absolute atomic E-state index is 0.0434. The Morgan fingerprint density at radius 1 is 1.06 bits per heavy atom. The van der Waals surface area contributed by atoms with Gasteiger partial charge in [-0.1, -0.05) is 17.7 Å². The molecule has 0 saturated heterocycles. The monoisotopic (exact) mass is 480 g/mol. The first-order chi connectivity index (χ1) is 16.4. The predicted molar refractivity (Wildman–Crippen MR) is 132 cm³/mol. The molecule has 4 aromatic rings. The molecule has 2 aromatic carbocycles. The van der Waals surface area contributed by atoms with Gasteiger partial charge in [-0.25, -0.2) is 14.8 Å². The molecule has 0 bridgehead atoms. The molecule has 0 aliphatic heterocycles. The number of fused-ring (bicyclic) bond motifs is 1. The van der Waals surface area contributed by atoms with Crippen molar-refractivity contribution in [3.63, 3.8) is 0 Å². The van der Waals surface area contributed by atoms with Crippen molar-refractivity contribution in [1.82, 2.24) is 14.5 Å². The van der Waals surface area contributed by atoms with Gasteiger partial charge in [0.2, 0.25) is 5.82 Å². The maximum atomic E-state index is 12.6. The SMILES string of the molecule is CCOC(=O)c1nc(Nc2ccc(OC)c(OC)c2)c2c(C)c(C)n(-c3cccc(Cl)c3)c2n1. The zero-order chi connectivity index (χ0) is 24.4. The number of benzene rings is 2. The number of nitrogens with zero attached hydrogens (tertiary/aromatic N) is 3. The minimum atomic E-state index is -0.603. The summed E-state index contributed by atoms with van der Waals surface area (Å²) >= 11 is 6.27. The Labute approximate surface area is 202 Å². The van der Waals surface area contributed by atoms with E-state index in [4.69, 9.17) is 25.8 Å². The van der Waals surface area contributed by atoms with Crippen LogP contribution in [0.3, 0.4) is 0 Å². The van der Waals surface area contributed by atoms with Crippen LogP contribution in [0.4, 0.5) is 11.5 Å². The van der Waals surface area contributed by atoms with E-state index in [1.807, 2.05) is 48.7 Å². The molecule has 0 saturated carbocycles. The summed E-state index contributed by atoms with van der Waals surface area (Å²) in [5, 5.41) is 4.70. The predicted octanol–water partition coefficient (Wildman–Crippen LogP) is 5.63. The molecule has 0 atom stereocenters. The van der Waals surface area contributed by atoms with E-state index in [1.165, 1.54) is 0 Å². The van der Waals surface area contributed by atoms with Gasteiger partial charge in [0.1, 0.15) is 5.82 Å². The van der Waals surface area contributed by atoms with Crippen molar-refractivity contribution < 1.29 is 19.0 Å². The molecule has 34 heavy (non-hydrogen) atoms. The Hall–Kier alpha value is -3.78. The average molecular weight is 481 g/mol. The molecular weight excluding hydrogens is 456 g/mol. The summed E-state index contributed by atoms with van der Waals surface area (Å²) in [6.45, 7) is 5.93. The van der Waals surface area contributed by atoms with Crippen molar-refractivity contribution in [1.29, 1.82) is 0 Å². The van der Waals surface area contributed by atoms with Gasteiger partial charge in [0, 0.05) is 28.2 Å². The van der Waals surface area contributed by atoms with E-state index >= 15 is 0 Å². The van der Waals surface area contributed by atoms with Gasteiger partial charge in [-0.05, 0) is 56.7 Å². The number of esters is 1. The Morgan fingerprint density at radius 3 is 2.50 bits per heavy atom. The van der Waals surface area contributed by atoms with Gasteiger partial charge in [-0.15, -0.1) is 0 Å². The van der Waals surface area contributed by atoms with Crippen molar-refractivity contribution in [2.45, 2.75) is 20.8 Å². The number of nitrogens with one attached hydrogen (secondary N) is 1. The second-order valence-electron chi connectivity index (χ2n) is 7.54. The topological polar surface area (TPSA) is 87.5 Å². The minimum Gasteiger partial charge on any atom is -0.493 e. The lowest BCUT2D eigenvalue weighted by atomic mass is 10.2. The second-order valence-corrected chi connectivity index (χ2v) is 7.97. The van der Waals surface area contributed by atoms with Crippen molar-refractivity contribution in [3.8, 4) is 17.2 Å². The molecule has 1 N–H and O–H groups in total. The molecule has 0 amide bonds. The van der Waals surface area contributed by atoms with E-state index in [9.17, 15) is 4.79 Å². The molecular formula is C25H25ClN4O4. The molecule has 0 radical (unpaired) electrons.